The Morgan fingerprint density at radius 1 is 1.37 bits per heavy atom. The van der Waals surface area contributed by atoms with Crippen molar-refractivity contribution in [1.82, 2.24) is 10.3 Å². The van der Waals surface area contributed by atoms with Gasteiger partial charge in [-0.1, -0.05) is 0 Å². The van der Waals surface area contributed by atoms with E-state index in [-0.39, 0.29) is 12.8 Å². The fraction of sp³-hybridized carbons (Fsp3) is 0.462. The summed E-state index contributed by atoms with van der Waals surface area (Å²) in [7, 11) is 0. The highest BCUT2D eigenvalue weighted by Gasteiger charge is 2.41. The van der Waals surface area contributed by atoms with Crippen LogP contribution in [0, 0.1) is 6.92 Å². The number of hydrogen-bond donors (Lipinski definition) is 2. The molecule has 6 nitrogen and oxygen atoms in total. The molecule has 1 amide bonds. The lowest BCUT2D eigenvalue weighted by Crippen LogP contribution is -2.57. The minimum Gasteiger partial charge on any atom is -0.480 e. The van der Waals surface area contributed by atoms with Gasteiger partial charge in [0, 0.05) is 37.9 Å². The summed E-state index contributed by atoms with van der Waals surface area (Å²) in [4.78, 5) is 27.5. The normalized spacial score (nSPS) is 17.7. The molecular formula is C13H16N2O4. The molecule has 1 aromatic heterocycles. The second-order valence-electron chi connectivity index (χ2n) is 4.64. The molecule has 0 aliphatic carbocycles. The van der Waals surface area contributed by atoms with Gasteiger partial charge in [-0.3, -0.25) is 9.78 Å². The molecule has 1 aromatic rings. The van der Waals surface area contributed by atoms with Crippen molar-refractivity contribution in [3.8, 4) is 0 Å². The van der Waals surface area contributed by atoms with E-state index in [0.29, 0.717) is 18.8 Å². The summed E-state index contributed by atoms with van der Waals surface area (Å²) in [6, 6.07) is 3.35. The zero-order valence-corrected chi connectivity index (χ0v) is 10.7. The third kappa shape index (κ3) is 2.90. The van der Waals surface area contributed by atoms with Crippen LogP contribution in [0.3, 0.4) is 0 Å². The van der Waals surface area contributed by atoms with Crippen molar-refractivity contribution in [2.45, 2.75) is 25.3 Å². The molecule has 0 radical (unpaired) electrons. The third-order valence-corrected chi connectivity index (χ3v) is 3.28. The molecule has 102 valence electrons. The lowest BCUT2D eigenvalue weighted by molar-refractivity contribution is -0.148. The molecule has 2 N–H and O–H groups in total. The van der Waals surface area contributed by atoms with Gasteiger partial charge in [-0.25, -0.2) is 4.79 Å². The lowest BCUT2D eigenvalue weighted by Gasteiger charge is -2.33. The zero-order chi connectivity index (χ0) is 13.9. The van der Waals surface area contributed by atoms with Crippen molar-refractivity contribution in [3.05, 3.63) is 29.6 Å². The molecule has 0 saturated carbocycles. The van der Waals surface area contributed by atoms with Gasteiger partial charge in [-0.05, 0) is 19.1 Å². The van der Waals surface area contributed by atoms with Gasteiger partial charge in [-0.2, -0.15) is 0 Å². The van der Waals surface area contributed by atoms with Crippen LogP contribution < -0.4 is 5.32 Å². The number of carboxylic acid groups (broad SMARTS) is 1. The third-order valence-electron chi connectivity index (χ3n) is 3.28. The number of aliphatic carboxylic acids is 1. The maximum absolute atomic E-state index is 12.1. The van der Waals surface area contributed by atoms with E-state index in [9.17, 15) is 14.7 Å². The van der Waals surface area contributed by atoms with Gasteiger partial charge in [0.15, 0.2) is 0 Å². The van der Waals surface area contributed by atoms with Gasteiger partial charge in [0.1, 0.15) is 5.54 Å². The first-order chi connectivity index (χ1) is 9.03. The number of carbonyl (C=O) groups excluding carboxylic acids is 1. The van der Waals surface area contributed by atoms with Crippen LogP contribution >= 0.6 is 0 Å². The van der Waals surface area contributed by atoms with Crippen molar-refractivity contribution < 1.29 is 19.4 Å². The topological polar surface area (TPSA) is 88.5 Å². The smallest absolute Gasteiger partial charge is 0.329 e. The van der Waals surface area contributed by atoms with Crippen molar-refractivity contribution >= 4 is 11.9 Å². The molecule has 1 saturated heterocycles. The van der Waals surface area contributed by atoms with Crippen molar-refractivity contribution in [2.75, 3.05) is 13.2 Å². The summed E-state index contributed by atoms with van der Waals surface area (Å²) >= 11 is 0. The average Bonchev–Trinajstić information content (AvgIpc) is 2.40. The molecule has 0 aromatic carbocycles. The summed E-state index contributed by atoms with van der Waals surface area (Å²) < 4.78 is 5.15. The van der Waals surface area contributed by atoms with Gasteiger partial charge < -0.3 is 15.2 Å². The Morgan fingerprint density at radius 2 is 2.05 bits per heavy atom. The van der Waals surface area contributed by atoms with E-state index < -0.39 is 17.4 Å². The Bertz CT molecular complexity index is 478. The van der Waals surface area contributed by atoms with Crippen LogP contribution in [0.5, 0.6) is 0 Å². The number of rotatable bonds is 3. The summed E-state index contributed by atoms with van der Waals surface area (Å²) in [6.45, 7) is 2.48. The monoisotopic (exact) mass is 264 g/mol. The molecule has 2 rings (SSSR count). The molecule has 0 atom stereocenters. The van der Waals surface area contributed by atoms with Gasteiger partial charge in [0.2, 0.25) is 0 Å². The maximum Gasteiger partial charge on any atom is 0.329 e. The van der Waals surface area contributed by atoms with Crippen LogP contribution in [-0.2, 0) is 9.53 Å². The van der Waals surface area contributed by atoms with Crippen LogP contribution in [0.1, 0.15) is 28.9 Å². The first kappa shape index (κ1) is 13.5. The highest BCUT2D eigenvalue weighted by atomic mass is 16.5. The average molecular weight is 264 g/mol. The Kier molecular flexibility index (Phi) is 3.80. The van der Waals surface area contributed by atoms with Crippen molar-refractivity contribution in [1.29, 1.82) is 0 Å². The van der Waals surface area contributed by atoms with E-state index in [2.05, 4.69) is 10.3 Å². The first-order valence-electron chi connectivity index (χ1n) is 6.10. The number of aromatic nitrogens is 1. The number of amides is 1. The number of aryl methyl sites for hydroxylation is 1. The highest BCUT2D eigenvalue weighted by molar-refractivity contribution is 5.97. The van der Waals surface area contributed by atoms with Crippen LogP contribution in [0.4, 0.5) is 0 Å². The van der Waals surface area contributed by atoms with E-state index in [0.717, 1.165) is 5.69 Å². The minimum atomic E-state index is -1.24. The van der Waals surface area contributed by atoms with E-state index >= 15 is 0 Å². The number of carboxylic acids is 1. The molecule has 6 heteroatoms. The van der Waals surface area contributed by atoms with E-state index in [4.69, 9.17) is 4.74 Å². The molecule has 19 heavy (non-hydrogen) atoms. The largest absolute Gasteiger partial charge is 0.480 e. The molecule has 2 heterocycles. The van der Waals surface area contributed by atoms with E-state index in [1.54, 1.807) is 12.1 Å². The van der Waals surface area contributed by atoms with E-state index in [1.165, 1.54) is 6.20 Å². The summed E-state index contributed by atoms with van der Waals surface area (Å²) in [5.74, 6) is -1.44. The molecular weight excluding hydrogens is 248 g/mol. The van der Waals surface area contributed by atoms with Crippen molar-refractivity contribution in [2.24, 2.45) is 0 Å². The number of nitrogens with zero attached hydrogens (tertiary/aromatic N) is 1. The molecule has 0 unspecified atom stereocenters. The van der Waals surface area contributed by atoms with Gasteiger partial charge in [0.25, 0.3) is 5.91 Å². The molecule has 1 aliphatic rings. The summed E-state index contributed by atoms with van der Waals surface area (Å²) in [5, 5.41) is 12.0. The Labute approximate surface area is 110 Å². The van der Waals surface area contributed by atoms with Crippen molar-refractivity contribution in [3.63, 3.8) is 0 Å². The van der Waals surface area contributed by atoms with Crippen LogP contribution in [0.2, 0.25) is 0 Å². The van der Waals surface area contributed by atoms with Crippen LogP contribution in [-0.4, -0.2) is 40.7 Å². The van der Waals surface area contributed by atoms with Crippen LogP contribution in [0.15, 0.2) is 18.3 Å². The summed E-state index contributed by atoms with van der Waals surface area (Å²) in [5.41, 5.74) is -0.0754. The first-order valence-corrected chi connectivity index (χ1v) is 6.10. The fourth-order valence-corrected chi connectivity index (χ4v) is 2.00. The van der Waals surface area contributed by atoms with Gasteiger partial charge in [-0.15, -0.1) is 0 Å². The number of nitrogens with one attached hydrogen (secondary N) is 1. The molecule has 0 bridgehead atoms. The maximum atomic E-state index is 12.1. The minimum absolute atomic E-state index is 0.271. The predicted octanol–water partition coefficient (Wildman–Crippen LogP) is 0.754. The van der Waals surface area contributed by atoms with Gasteiger partial charge in [0.05, 0.1) is 5.56 Å². The van der Waals surface area contributed by atoms with Gasteiger partial charge >= 0.3 is 5.97 Å². The lowest BCUT2D eigenvalue weighted by atomic mass is 9.90. The highest BCUT2D eigenvalue weighted by Crippen LogP contribution is 2.21. The number of hydrogen-bond acceptors (Lipinski definition) is 4. The SMILES string of the molecule is Cc1ccc(C(=O)NC2(C(=O)O)CCOCC2)cn1. The Hall–Kier alpha value is -1.95. The van der Waals surface area contributed by atoms with Crippen LogP contribution in [0.25, 0.3) is 0 Å². The second kappa shape index (κ2) is 5.36. The number of ether oxygens (including phenoxy) is 1. The Balaban J connectivity index is 2.15. The quantitative estimate of drug-likeness (QED) is 0.841. The molecule has 1 aliphatic heterocycles. The van der Waals surface area contributed by atoms with E-state index in [1.807, 2.05) is 6.92 Å². The molecule has 1 fully saturated rings. The fourth-order valence-electron chi connectivity index (χ4n) is 2.00. The Morgan fingerprint density at radius 3 is 2.58 bits per heavy atom. The predicted molar refractivity (Wildman–Crippen MR) is 66.9 cm³/mol. The summed E-state index contributed by atoms with van der Waals surface area (Å²) in [6.07, 6.45) is 1.99. The molecule has 0 spiro atoms. The number of pyridine rings is 1. The second-order valence-corrected chi connectivity index (χ2v) is 4.64. The number of carbonyl (C=O) groups is 2. The zero-order valence-electron chi connectivity index (χ0n) is 10.7. The standard InChI is InChI=1S/C13H16N2O4/c1-9-2-3-10(8-14-9)11(16)15-13(12(17)18)4-6-19-7-5-13/h2-3,8H,4-7H2,1H3,(H,15,16)(H,17,18).